The lowest BCUT2D eigenvalue weighted by atomic mass is 10.2. The van der Waals surface area contributed by atoms with E-state index in [1.54, 1.807) is 0 Å². The van der Waals surface area contributed by atoms with Gasteiger partial charge < -0.3 is 9.80 Å². The maximum absolute atomic E-state index is 3.94. The summed E-state index contributed by atoms with van der Waals surface area (Å²) in [5.41, 5.74) is 1.20. The second-order valence-corrected chi connectivity index (χ2v) is 3.59. The zero-order valence-corrected chi connectivity index (χ0v) is 7.80. The van der Waals surface area contributed by atoms with Crippen molar-refractivity contribution in [2.24, 2.45) is 0 Å². The fourth-order valence-corrected chi connectivity index (χ4v) is 1.51. The van der Waals surface area contributed by atoms with Crippen LogP contribution in [0.15, 0.2) is 12.3 Å². The summed E-state index contributed by atoms with van der Waals surface area (Å²) in [6.07, 6.45) is 1.28. The predicted molar refractivity (Wildman–Crippen MR) is 48.5 cm³/mol. The van der Waals surface area contributed by atoms with Gasteiger partial charge in [-0.1, -0.05) is 6.58 Å². The summed E-state index contributed by atoms with van der Waals surface area (Å²) in [5.74, 6) is 0. The van der Waals surface area contributed by atoms with E-state index in [1.165, 1.54) is 18.7 Å². The number of hydrogen-bond donors (Lipinski definition) is 0. The van der Waals surface area contributed by atoms with Crippen molar-refractivity contribution in [2.75, 3.05) is 27.2 Å². The predicted octanol–water partition coefficient (Wildman–Crippen LogP) is 1.16. The number of rotatable bonds is 2. The van der Waals surface area contributed by atoms with Gasteiger partial charge in [0.2, 0.25) is 0 Å². The van der Waals surface area contributed by atoms with Gasteiger partial charge in [-0.15, -0.1) is 0 Å². The minimum absolute atomic E-state index is 0.728. The highest BCUT2D eigenvalue weighted by Gasteiger charge is 2.22. The van der Waals surface area contributed by atoms with E-state index < -0.39 is 0 Å². The number of hydrogen-bond acceptors (Lipinski definition) is 2. The molecule has 0 aromatic carbocycles. The lowest BCUT2D eigenvalue weighted by molar-refractivity contribution is 0.291. The summed E-state index contributed by atoms with van der Waals surface area (Å²) in [7, 11) is 4.29. The summed E-state index contributed by atoms with van der Waals surface area (Å²) in [6, 6.07) is 0.728. The fourth-order valence-electron chi connectivity index (χ4n) is 1.51. The maximum Gasteiger partial charge on any atom is 0.0331 e. The molecule has 0 radical (unpaired) electrons. The third-order valence-corrected chi connectivity index (χ3v) is 2.43. The molecule has 1 atom stereocenters. The zero-order chi connectivity index (χ0) is 8.43. The van der Waals surface area contributed by atoms with E-state index in [1.807, 2.05) is 0 Å². The number of allylic oxidation sites excluding steroid dienone is 1. The molecule has 0 spiro atoms. The maximum atomic E-state index is 3.94. The monoisotopic (exact) mass is 154 g/mol. The van der Waals surface area contributed by atoms with Crippen LogP contribution in [0, 0.1) is 0 Å². The third-order valence-electron chi connectivity index (χ3n) is 2.43. The molecule has 11 heavy (non-hydrogen) atoms. The van der Waals surface area contributed by atoms with Crippen LogP contribution in [0.2, 0.25) is 0 Å². The molecule has 1 aliphatic rings. The molecular weight excluding hydrogens is 136 g/mol. The van der Waals surface area contributed by atoms with Crippen molar-refractivity contribution in [2.45, 2.75) is 19.4 Å². The van der Waals surface area contributed by atoms with E-state index >= 15 is 0 Å². The summed E-state index contributed by atoms with van der Waals surface area (Å²) in [6.45, 7) is 8.35. The molecule has 0 amide bonds. The highest BCUT2D eigenvalue weighted by Crippen LogP contribution is 2.16. The van der Waals surface area contributed by atoms with Gasteiger partial charge in [0.05, 0.1) is 0 Å². The quantitative estimate of drug-likeness (QED) is 0.589. The highest BCUT2D eigenvalue weighted by atomic mass is 15.2. The van der Waals surface area contributed by atoms with Crippen LogP contribution in [0.5, 0.6) is 0 Å². The van der Waals surface area contributed by atoms with Crippen LogP contribution in [-0.2, 0) is 0 Å². The molecule has 1 fully saturated rings. The van der Waals surface area contributed by atoms with Gasteiger partial charge in [0, 0.05) is 24.8 Å². The molecule has 1 rings (SSSR count). The normalized spacial score (nSPS) is 24.7. The van der Waals surface area contributed by atoms with Crippen molar-refractivity contribution >= 4 is 0 Å². The molecule has 0 aliphatic carbocycles. The second kappa shape index (κ2) is 3.26. The minimum atomic E-state index is 0.728. The van der Waals surface area contributed by atoms with Crippen LogP contribution < -0.4 is 0 Å². The van der Waals surface area contributed by atoms with E-state index in [4.69, 9.17) is 0 Å². The molecule has 1 saturated heterocycles. The second-order valence-electron chi connectivity index (χ2n) is 3.59. The Bertz CT molecular complexity index is 152. The molecule has 64 valence electrons. The summed E-state index contributed by atoms with van der Waals surface area (Å²) in [5, 5.41) is 0. The summed E-state index contributed by atoms with van der Waals surface area (Å²) < 4.78 is 0. The highest BCUT2D eigenvalue weighted by molar-refractivity contribution is 4.95. The Morgan fingerprint density at radius 2 is 2.18 bits per heavy atom. The molecule has 0 aromatic heterocycles. The molecular formula is C9H18N2. The van der Waals surface area contributed by atoms with Crippen LogP contribution in [0.3, 0.4) is 0 Å². The van der Waals surface area contributed by atoms with Crippen molar-refractivity contribution in [3.05, 3.63) is 12.3 Å². The first-order chi connectivity index (χ1) is 5.11. The van der Waals surface area contributed by atoms with E-state index in [0.717, 1.165) is 12.6 Å². The van der Waals surface area contributed by atoms with Crippen molar-refractivity contribution in [1.29, 1.82) is 0 Å². The average molecular weight is 154 g/mol. The average Bonchev–Trinajstić information content (AvgIpc) is 2.33. The van der Waals surface area contributed by atoms with Gasteiger partial charge in [-0.05, 0) is 27.4 Å². The van der Waals surface area contributed by atoms with E-state index in [-0.39, 0.29) is 0 Å². The Morgan fingerprint density at radius 1 is 1.55 bits per heavy atom. The lowest BCUT2D eigenvalue weighted by Crippen LogP contribution is -2.30. The molecule has 0 aromatic rings. The molecule has 0 unspecified atom stereocenters. The molecule has 0 N–H and O–H groups in total. The Morgan fingerprint density at radius 3 is 2.45 bits per heavy atom. The molecule has 0 saturated carbocycles. The van der Waals surface area contributed by atoms with Gasteiger partial charge in [-0.2, -0.15) is 0 Å². The van der Waals surface area contributed by atoms with Crippen LogP contribution >= 0.6 is 0 Å². The number of nitrogens with zero attached hydrogens (tertiary/aromatic N) is 2. The Kier molecular flexibility index (Phi) is 2.55. The fraction of sp³-hybridized carbons (Fsp3) is 0.778. The molecule has 1 heterocycles. The largest absolute Gasteiger partial charge is 0.374 e. The van der Waals surface area contributed by atoms with Crippen molar-refractivity contribution in [1.82, 2.24) is 9.80 Å². The van der Waals surface area contributed by atoms with E-state index in [0.29, 0.717) is 0 Å². The van der Waals surface area contributed by atoms with Gasteiger partial charge in [0.15, 0.2) is 0 Å². The summed E-state index contributed by atoms with van der Waals surface area (Å²) in [4.78, 5) is 4.65. The lowest BCUT2D eigenvalue weighted by Gasteiger charge is -2.21. The van der Waals surface area contributed by atoms with Gasteiger partial charge in [-0.25, -0.2) is 0 Å². The van der Waals surface area contributed by atoms with Gasteiger partial charge in [0.25, 0.3) is 0 Å². The van der Waals surface area contributed by atoms with Crippen molar-refractivity contribution in [3.63, 3.8) is 0 Å². The molecule has 2 nitrogen and oxygen atoms in total. The van der Waals surface area contributed by atoms with Gasteiger partial charge >= 0.3 is 0 Å². The SMILES string of the molecule is C=C(C)N1CC[C@@H](N(C)C)C1. The van der Waals surface area contributed by atoms with Gasteiger partial charge in [0.1, 0.15) is 0 Å². The number of likely N-dealkylation sites (tertiary alicyclic amines) is 1. The standard InChI is InChI=1S/C9H18N2/c1-8(2)11-6-5-9(7-11)10(3)4/h9H,1,5-7H2,2-4H3/t9-/m1/s1. The van der Waals surface area contributed by atoms with Crippen LogP contribution in [0.4, 0.5) is 0 Å². The third kappa shape index (κ3) is 1.96. The van der Waals surface area contributed by atoms with Crippen LogP contribution in [-0.4, -0.2) is 43.0 Å². The smallest absolute Gasteiger partial charge is 0.0331 e. The van der Waals surface area contributed by atoms with Crippen LogP contribution in [0.25, 0.3) is 0 Å². The summed E-state index contributed by atoms with van der Waals surface area (Å²) >= 11 is 0. The molecule has 0 bridgehead atoms. The zero-order valence-electron chi connectivity index (χ0n) is 7.80. The molecule has 2 heteroatoms. The van der Waals surface area contributed by atoms with Gasteiger partial charge in [-0.3, -0.25) is 0 Å². The van der Waals surface area contributed by atoms with Crippen molar-refractivity contribution in [3.8, 4) is 0 Å². The topological polar surface area (TPSA) is 6.48 Å². The van der Waals surface area contributed by atoms with Crippen LogP contribution in [0.1, 0.15) is 13.3 Å². The van der Waals surface area contributed by atoms with Crippen molar-refractivity contribution < 1.29 is 0 Å². The first-order valence-electron chi connectivity index (χ1n) is 4.18. The Hall–Kier alpha value is -0.500. The Labute approximate surface area is 69.5 Å². The number of likely N-dealkylation sites (N-methyl/N-ethyl adjacent to an activating group) is 1. The Balaban J connectivity index is 2.41. The first-order valence-corrected chi connectivity index (χ1v) is 4.18. The minimum Gasteiger partial charge on any atom is -0.374 e. The molecule has 1 aliphatic heterocycles. The van der Waals surface area contributed by atoms with E-state index in [9.17, 15) is 0 Å². The first kappa shape index (κ1) is 8.60. The van der Waals surface area contributed by atoms with E-state index in [2.05, 4.69) is 37.4 Å².